The van der Waals surface area contributed by atoms with E-state index < -0.39 is 0 Å². The number of anilines is 1. The molecule has 0 atom stereocenters. The fourth-order valence-corrected chi connectivity index (χ4v) is 3.06. The highest BCUT2D eigenvalue weighted by molar-refractivity contribution is 7.80. The minimum atomic E-state index is 0.549. The summed E-state index contributed by atoms with van der Waals surface area (Å²) in [7, 11) is 0. The Bertz CT molecular complexity index is 677. The minimum absolute atomic E-state index is 0.549. The maximum Gasteiger partial charge on any atom is 0.194 e. The van der Waals surface area contributed by atoms with Gasteiger partial charge in [-0.2, -0.15) is 5.10 Å². The van der Waals surface area contributed by atoms with Crippen molar-refractivity contribution in [3.63, 3.8) is 0 Å². The summed E-state index contributed by atoms with van der Waals surface area (Å²) in [5, 5.41) is 11.1. The molecule has 5 heteroatoms. The Morgan fingerprint density at radius 2 is 1.96 bits per heavy atom. The molecule has 0 bridgehead atoms. The van der Waals surface area contributed by atoms with E-state index in [0.717, 1.165) is 47.5 Å². The van der Waals surface area contributed by atoms with Crippen molar-refractivity contribution in [2.45, 2.75) is 46.0 Å². The molecule has 134 valence electrons. The fourth-order valence-electron chi connectivity index (χ4n) is 2.55. The Kier molecular flexibility index (Phi) is 7.66. The van der Waals surface area contributed by atoms with Gasteiger partial charge in [-0.25, -0.2) is 5.01 Å². The predicted molar refractivity (Wildman–Crippen MR) is 114 cm³/mol. The zero-order chi connectivity index (χ0) is 18.2. The van der Waals surface area contributed by atoms with Gasteiger partial charge in [0.15, 0.2) is 5.11 Å². The summed E-state index contributed by atoms with van der Waals surface area (Å²) in [5.74, 6) is 0. The van der Waals surface area contributed by atoms with Crippen molar-refractivity contribution >= 4 is 40.8 Å². The molecule has 1 aliphatic rings. The lowest BCUT2D eigenvalue weighted by Gasteiger charge is -2.21. The molecule has 0 aromatic heterocycles. The molecule has 0 saturated carbocycles. The van der Waals surface area contributed by atoms with Crippen LogP contribution in [0.25, 0.3) is 0 Å². The first-order chi connectivity index (χ1) is 12.0. The predicted octanol–water partition coefficient (Wildman–Crippen LogP) is 5.69. The molecule has 3 nitrogen and oxygen atoms in total. The first kappa shape index (κ1) is 19.7. The molecular formula is C20H26ClN3S. The van der Waals surface area contributed by atoms with Crippen LogP contribution in [0.1, 0.15) is 44.6 Å². The van der Waals surface area contributed by atoms with Crippen LogP contribution in [0, 0.1) is 6.92 Å². The van der Waals surface area contributed by atoms with Gasteiger partial charge in [-0.05, 0) is 69.5 Å². The standard InChI is InChI=1S/C20H26ClN3S/c1-15(2)13-22-20(25)24(18-11-9-16(3)10-12-18)23-14-17-7-5-4-6-8-19(17)21/h9-12,14H,1,4-8,13H2,2-3H3,(H,22,25)/b23-14+. The molecule has 1 N–H and O–H groups in total. The maximum absolute atomic E-state index is 6.43. The molecule has 0 amide bonds. The summed E-state index contributed by atoms with van der Waals surface area (Å²) in [6.45, 7) is 8.56. The van der Waals surface area contributed by atoms with Crippen LogP contribution in [0.2, 0.25) is 0 Å². The second-order valence-electron chi connectivity index (χ2n) is 6.50. The van der Waals surface area contributed by atoms with Crippen molar-refractivity contribution in [2.75, 3.05) is 11.6 Å². The highest BCUT2D eigenvalue weighted by Crippen LogP contribution is 2.25. The highest BCUT2D eigenvalue weighted by atomic mass is 35.5. The number of thiocarbonyl (C=S) groups is 1. The van der Waals surface area contributed by atoms with Crippen molar-refractivity contribution in [3.8, 4) is 0 Å². The Balaban J connectivity index is 2.24. The second-order valence-corrected chi connectivity index (χ2v) is 7.34. The van der Waals surface area contributed by atoms with Gasteiger partial charge < -0.3 is 5.32 Å². The second kappa shape index (κ2) is 9.73. The Labute approximate surface area is 161 Å². The van der Waals surface area contributed by atoms with Gasteiger partial charge in [0.1, 0.15) is 0 Å². The van der Waals surface area contributed by atoms with Gasteiger partial charge in [0.2, 0.25) is 0 Å². The monoisotopic (exact) mass is 375 g/mol. The first-order valence-corrected chi connectivity index (χ1v) is 9.46. The SMILES string of the molecule is C=C(C)CNC(=S)N(/N=C/C1=C(Cl)CCCCC1)c1ccc(C)cc1. The normalized spacial score (nSPS) is 15.2. The largest absolute Gasteiger partial charge is 0.357 e. The number of nitrogens with zero attached hydrogens (tertiary/aromatic N) is 2. The molecule has 0 radical (unpaired) electrons. The third kappa shape index (κ3) is 6.29. The summed E-state index contributed by atoms with van der Waals surface area (Å²) in [5.41, 5.74) is 4.25. The van der Waals surface area contributed by atoms with Gasteiger partial charge in [-0.15, -0.1) is 0 Å². The average Bonchev–Trinajstić information content (AvgIpc) is 2.79. The van der Waals surface area contributed by atoms with Crippen molar-refractivity contribution in [1.29, 1.82) is 0 Å². The number of nitrogens with one attached hydrogen (secondary N) is 1. The number of hydrogen-bond donors (Lipinski definition) is 1. The van der Waals surface area contributed by atoms with E-state index >= 15 is 0 Å². The number of benzene rings is 1. The number of hydrogen-bond acceptors (Lipinski definition) is 2. The van der Waals surface area contributed by atoms with E-state index in [4.69, 9.17) is 23.8 Å². The van der Waals surface area contributed by atoms with Crippen LogP contribution in [-0.4, -0.2) is 17.9 Å². The van der Waals surface area contributed by atoms with E-state index in [1.807, 2.05) is 25.3 Å². The van der Waals surface area contributed by atoms with Gasteiger partial charge in [0.25, 0.3) is 0 Å². The third-order valence-electron chi connectivity index (χ3n) is 4.03. The summed E-state index contributed by atoms with van der Waals surface area (Å²) in [4.78, 5) is 0. The summed E-state index contributed by atoms with van der Waals surface area (Å²) in [6.07, 6.45) is 7.29. The number of halogens is 1. The van der Waals surface area contributed by atoms with Gasteiger partial charge in [0.05, 0.1) is 11.9 Å². The van der Waals surface area contributed by atoms with Crippen molar-refractivity contribution < 1.29 is 0 Å². The molecule has 0 unspecified atom stereocenters. The molecule has 25 heavy (non-hydrogen) atoms. The van der Waals surface area contributed by atoms with Crippen LogP contribution >= 0.6 is 23.8 Å². The third-order valence-corrected chi connectivity index (χ3v) is 4.78. The van der Waals surface area contributed by atoms with Crippen LogP contribution in [0.3, 0.4) is 0 Å². The topological polar surface area (TPSA) is 27.6 Å². The molecule has 2 rings (SSSR count). The molecule has 0 saturated heterocycles. The van der Waals surface area contributed by atoms with E-state index in [1.54, 1.807) is 5.01 Å². The summed E-state index contributed by atoms with van der Waals surface area (Å²) < 4.78 is 0. The van der Waals surface area contributed by atoms with E-state index in [0.29, 0.717) is 11.7 Å². The molecular weight excluding hydrogens is 350 g/mol. The fraction of sp³-hybridized carbons (Fsp3) is 0.400. The molecule has 1 aromatic rings. The van der Waals surface area contributed by atoms with Crippen molar-refractivity contribution in [1.82, 2.24) is 5.32 Å². The highest BCUT2D eigenvalue weighted by Gasteiger charge is 2.12. The van der Waals surface area contributed by atoms with Gasteiger partial charge in [-0.3, -0.25) is 0 Å². The number of aryl methyl sites for hydroxylation is 1. The lowest BCUT2D eigenvalue weighted by atomic mass is 10.1. The molecule has 0 heterocycles. The van der Waals surface area contributed by atoms with Gasteiger partial charge in [0, 0.05) is 11.6 Å². The van der Waals surface area contributed by atoms with Crippen LogP contribution in [0.15, 0.2) is 52.1 Å². The quantitative estimate of drug-likeness (QED) is 0.310. The Morgan fingerprint density at radius 1 is 1.28 bits per heavy atom. The van der Waals surface area contributed by atoms with Crippen LogP contribution in [-0.2, 0) is 0 Å². The zero-order valence-electron chi connectivity index (χ0n) is 15.0. The number of rotatable bonds is 5. The minimum Gasteiger partial charge on any atom is -0.357 e. The van der Waals surface area contributed by atoms with Crippen molar-refractivity contribution in [3.05, 3.63) is 52.6 Å². The average molecular weight is 376 g/mol. The number of allylic oxidation sites excluding steroid dienone is 2. The van der Waals surface area contributed by atoms with Gasteiger partial charge >= 0.3 is 0 Å². The lowest BCUT2D eigenvalue weighted by molar-refractivity contribution is 0.713. The Morgan fingerprint density at radius 3 is 2.64 bits per heavy atom. The van der Waals surface area contributed by atoms with Crippen molar-refractivity contribution in [2.24, 2.45) is 5.10 Å². The maximum atomic E-state index is 6.43. The molecule has 0 spiro atoms. The first-order valence-electron chi connectivity index (χ1n) is 8.68. The lowest BCUT2D eigenvalue weighted by Crippen LogP contribution is -2.37. The summed E-state index contributed by atoms with van der Waals surface area (Å²) >= 11 is 12.0. The number of hydrazone groups is 1. The Hall–Kier alpha value is -1.65. The molecule has 1 aromatic carbocycles. The smallest absolute Gasteiger partial charge is 0.194 e. The summed E-state index contributed by atoms with van der Waals surface area (Å²) in [6, 6.07) is 8.14. The van der Waals surface area contributed by atoms with E-state index in [9.17, 15) is 0 Å². The molecule has 0 aliphatic heterocycles. The van der Waals surface area contributed by atoms with Crippen LogP contribution < -0.4 is 10.3 Å². The van der Waals surface area contributed by atoms with Crippen LogP contribution in [0.5, 0.6) is 0 Å². The van der Waals surface area contributed by atoms with Gasteiger partial charge in [-0.1, -0.05) is 47.9 Å². The molecule has 0 fully saturated rings. The van der Waals surface area contributed by atoms with Crippen LogP contribution in [0.4, 0.5) is 5.69 Å². The zero-order valence-corrected chi connectivity index (χ0v) is 16.6. The van der Waals surface area contributed by atoms with E-state index in [2.05, 4.69) is 36.1 Å². The molecule has 1 aliphatic carbocycles. The van der Waals surface area contributed by atoms with E-state index in [1.165, 1.54) is 12.0 Å². The van der Waals surface area contributed by atoms with E-state index in [-0.39, 0.29) is 0 Å².